The zero-order valence-electron chi connectivity index (χ0n) is 13.9. The minimum atomic E-state index is 0.100. The number of nitrogens with one attached hydrogen (secondary N) is 1. The minimum Gasteiger partial charge on any atom is -0.370 e. The average molecular weight is 291 g/mol. The molecular formula is C17H29N3O. The number of aryl methyl sites for hydroxylation is 2. The van der Waals surface area contributed by atoms with Crippen molar-refractivity contribution >= 4 is 0 Å². The standard InChI is InChI=1S/C17H29N3O/c1-5-18-11-7-8-15-12(3)19-17(20-13(15)4)16(21-6-2)14-9-10-14/h14,16,18H,5-11H2,1-4H3. The monoisotopic (exact) mass is 291 g/mol. The van der Waals surface area contributed by atoms with Gasteiger partial charge in [0.15, 0.2) is 5.82 Å². The van der Waals surface area contributed by atoms with Crippen molar-refractivity contribution in [3.8, 4) is 0 Å². The van der Waals surface area contributed by atoms with Gasteiger partial charge < -0.3 is 10.1 Å². The van der Waals surface area contributed by atoms with Crippen molar-refractivity contribution in [3.63, 3.8) is 0 Å². The van der Waals surface area contributed by atoms with Crippen LogP contribution in [0.3, 0.4) is 0 Å². The molecule has 1 unspecified atom stereocenters. The third kappa shape index (κ3) is 4.48. The Morgan fingerprint density at radius 3 is 2.38 bits per heavy atom. The van der Waals surface area contributed by atoms with Crippen molar-refractivity contribution in [1.29, 1.82) is 0 Å². The van der Waals surface area contributed by atoms with Crippen molar-refractivity contribution in [3.05, 3.63) is 22.8 Å². The lowest BCUT2D eigenvalue weighted by Gasteiger charge is -2.18. The second-order valence-electron chi connectivity index (χ2n) is 5.90. The lowest BCUT2D eigenvalue weighted by atomic mass is 10.1. The van der Waals surface area contributed by atoms with Gasteiger partial charge in [-0.3, -0.25) is 0 Å². The molecule has 0 radical (unpaired) electrons. The molecule has 0 aliphatic heterocycles. The summed E-state index contributed by atoms with van der Waals surface area (Å²) in [5.41, 5.74) is 3.56. The molecule has 1 heterocycles. The van der Waals surface area contributed by atoms with Gasteiger partial charge in [0.05, 0.1) is 0 Å². The van der Waals surface area contributed by atoms with E-state index in [1.54, 1.807) is 0 Å². The molecule has 1 saturated carbocycles. The number of aromatic nitrogens is 2. The Morgan fingerprint density at radius 1 is 1.19 bits per heavy atom. The van der Waals surface area contributed by atoms with Crippen molar-refractivity contribution in [1.82, 2.24) is 15.3 Å². The average Bonchev–Trinajstić information content (AvgIpc) is 3.27. The molecule has 4 nitrogen and oxygen atoms in total. The zero-order chi connectivity index (χ0) is 15.2. The maximum absolute atomic E-state index is 5.88. The third-order valence-corrected chi connectivity index (χ3v) is 4.12. The summed E-state index contributed by atoms with van der Waals surface area (Å²) in [5, 5.41) is 3.37. The summed E-state index contributed by atoms with van der Waals surface area (Å²) in [6, 6.07) is 0. The number of nitrogens with zero attached hydrogens (tertiary/aromatic N) is 2. The van der Waals surface area contributed by atoms with Gasteiger partial charge in [-0.2, -0.15) is 0 Å². The molecule has 4 heteroatoms. The van der Waals surface area contributed by atoms with Crippen LogP contribution in [0.15, 0.2) is 0 Å². The summed E-state index contributed by atoms with van der Waals surface area (Å²) in [6.07, 6.45) is 4.78. The SMILES string of the molecule is CCNCCCc1c(C)nc(C(OCC)C2CC2)nc1C. The maximum atomic E-state index is 5.88. The second-order valence-corrected chi connectivity index (χ2v) is 5.90. The molecule has 0 bridgehead atoms. The first kappa shape index (κ1) is 16.4. The number of rotatable bonds is 9. The first-order valence-electron chi connectivity index (χ1n) is 8.33. The maximum Gasteiger partial charge on any atom is 0.157 e. The Labute approximate surface area is 128 Å². The van der Waals surface area contributed by atoms with Crippen LogP contribution in [0.25, 0.3) is 0 Å². The van der Waals surface area contributed by atoms with E-state index in [4.69, 9.17) is 14.7 Å². The van der Waals surface area contributed by atoms with Crippen LogP contribution >= 0.6 is 0 Å². The Bertz CT molecular complexity index is 434. The molecule has 1 atom stereocenters. The quantitative estimate of drug-likeness (QED) is 0.710. The molecule has 1 N–H and O–H groups in total. The summed E-state index contributed by atoms with van der Waals surface area (Å²) in [6.45, 7) is 11.2. The Morgan fingerprint density at radius 2 is 1.86 bits per heavy atom. The number of hydrogen-bond donors (Lipinski definition) is 1. The van der Waals surface area contributed by atoms with Gasteiger partial charge in [-0.15, -0.1) is 0 Å². The van der Waals surface area contributed by atoms with Crippen LogP contribution in [-0.4, -0.2) is 29.7 Å². The molecule has 2 rings (SSSR count). The first-order valence-corrected chi connectivity index (χ1v) is 8.33. The smallest absolute Gasteiger partial charge is 0.157 e. The van der Waals surface area contributed by atoms with E-state index in [0.717, 1.165) is 49.8 Å². The number of hydrogen-bond acceptors (Lipinski definition) is 4. The molecule has 0 amide bonds. The summed E-state index contributed by atoms with van der Waals surface area (Å²) in [5.74, 6) is 1.52. The van der Waals surface area contributed by atoms with E-state index in [0.29, 0.717) is 5.92 Å². The fraction of sp³-hybridized carbons (Fsp3) is 0.765. The van der Waals surface area contributed by atoms with Gasteiger partial charge in [-0.1, -0.05) is 6.92 Å². The van der Waals surface area contributed by atoms with Crippen molar-refractivity contribution < 1.29 is 4.74 Å². The highest BCUT2D eigenvalue weighted by Gasteiger charge is 2.35. The molecule has 0 aromatic carbocycles. The Kier molecular flexibility index (Phi) is 6.12. The molecular weight excluding hydrogens is 262 g/mol. The highest BCUT2D eigenvalue weighted by Crippen LogP contribution is 2.42. The summed E-state index contributed by atoms with van der Waals surface area (Å²) in [7, 11) is 0. The molecule has 0 spiro atoms. The normalized spacial score (nSPS) is 16.2. The van der Waals surface area contributed by atoms with E-state index in [1.807, 2.05) is 6.92 Å². The van der Waals surface area contributed by atoms with Crippen LogP contribution in [0.1, 0.15) is 62.0 Å². The van der Waals surface area contributed by atoms with E-state index in [1.165, 1.54) is 18.4 Å². The fourth-order valence-corrected chi connectivity index (χ4v) is 2.82. The second kappa shape index (κ2) is 7.85. The summed E-state index contributed by atoms with van der Waals surface area (Å²) < 4.78 is 5.88. The Hall–Kier alpha value is -1.00. The van der Waals surface area contributed by atoms with Crippen LogP contribution in [-0.2, 0) is 11.2 Å². The zero-order valence-corrected chi connectivity index (χ0v) is 13.9. The van der Waals surface area contributed by atoms with Crippen molar-refractivity contribution in [2.45, 2.75) is 59.5 Å². The lowest BCUT2D eigenvalue weighted by Crippen LogP contribution is -2.17. The largest absolute Gasteiger partial charge is 0.370 e. The van der Waals surface area contributed by atoms with E-state index < -0.39 is 0 Å². The van der Waals surface area contributed by atoms with Crippen LogP contribution in [0.2, 0.25) is 0 Å². The van der Waals surface area contributed by atoms with Crippen LogP contribution in [0.4, 0.5) is 0 Å². The van der Waals surface area contributed by atoms with Crippen molar-refractivity contribution in [2.75, 3.05) is 19.7 Å². The van der Waals surface area contributed by atoms with Gasteiger partial charge >= 0.3 is 0 Å². The lowest BCUT2D eigenvalue weighted by molar-refractivity contribution is 0.0397. The molecule has 0 saturated heterocycles. The Balaban J connectivity index is 2.08. The highest BCUT2D eigenvalue weighted by molar-refractivity contribution is 5.25. The van der Waals surface area contributed by atoms with Gasteiger partial charge in [0, 0.05) is 18.0 Å². The third-order valence-electron chi connectivity index (χ3n) is 4.12. The first-order chi connectivity index (χ1) is 10.2. The van der Waals surface area contributed by atoms with E-state index in [9.17, 15) is 0 Å². The fourth-order valence-electron chi connectivity index (χ4n) is 2.82. The molecule has 1 aromatic heterocycles. The minimum absolute atomic E-state index is 0.100. The highest BCUT2D eigenvalue weighted by atomic mass is 16.5. The van der Waals surface area contributed by atoms with Gasteiger partial charge in [-0.05, 0) is 71.0 Å². The van der Waals surface area contributed by atoms with Crippen LogP contribution in [0.5, 0.6) is 0 Å². The van der Waals surface area contributed by atoms with E-state index >= 15 is 0 Å². The van der Waals surface area contributed by atoms with Crippen LogP contribution < -0.4 is 5.32 Å². The molecule has 1 aromatic rings. The van der Waals surface area contributed by atoms with Gasteiger partial charge in [0.25, 0.3) is 0 Å². The molecule has 21 heavy (non-hydrogen) atoms. The summed E-state index contributed by atoms with van der Waals surface area (Å²) in [4.78, 5) is 9.51. The van der Waals surface area contributed by atoms with E-state index in [-0.39, 0.29) is 6.10 Å². The number of ether oxygens (including phenoxy) is 1. The molecule has 118 valence electrons. The molecule has 1 fully saturated rings. The molecule has 1 aliphatic rings. The summed E-state index contributed by atoms with van der Waals surface area (Å²) >= 11 is 0. The predicted molar refractivity (Wildman–Crippen MR) is 85.5 cm³/mol. The van der Waals surface area contributed by atoms with Gasteiger partial charge in [0.1, 0.15) is 6.10 Å². The van der Waals surface area contributed by atoms with Gasteiger partial charge in [-0.25, -0.2) is 9.97 Å². The topological polar surface area (TPSA) is 47.0 Å². The molecule has 1 aliphatic carbocycles. The van der Waals surface area contributed by atoms with Crippen LogP contribution in [0, 0.1) is 19.8 Å². The van der Waals surface area contributed by atoms with Crippen molar-refractivity contribution in [2.24, 2.45) is 5.92 Å². The van der Waals surface area contributed by atoms with E-state index in [2.05, 4.69) is 26.1 Å². The predicted octanol–water partition coefficient (Wildman–Crippen LogP) is 3.12. The van der Waals surface area contributed by atoms with Gasteiger partial charge in [0.2, 0.25) is 0 Å².